The molecule has 1 heterocycles. The van der Waals surface area contributed by atoms with Gasteiger partial charge in [-0.3, -0.25) is 25.2 Å². The van der Waals surface area contributed by atoms with Crippen molar-refractivity contribution in [3.05, 3.63) is 86.8 Å². The SMILES string of the molecule is Cc1cc(=O)c(C(=O)NNC(=O)c2ccccc2O)nn1-c1ccc(Cl)cc1. The zero-order valence-electron chi connectivity index (χ0n) is 14.6. The van der Waals surface area contributed by atoms with E-state index in [0.29, 0.717) is 16.4 Å². The highest BCUT2D eigenvalue weighted by Gasteiger charge is 2.17. The Kier molecular flexibility index (Phi) is 5.42. The summed E-state index contributed by atoms with van der Waals surface area (Å²) in [5.74, 6) is -1.87. The Bertz CT molecular complexity index is 1110. The van der Waals surface area contributed by atoms with Crippen molar-refractivity contribution in [2.75, 3.05) is 0 Å². The van der Waals surface area contributed by atoms with Crippen molar-refractivity contribution in [1.82, 2.24) is 20.6 Å². The van der Waals surface area contributed by atoms with Crippen LogP contribution in [0, 0.1) is 6.92 Å². The van der Waals surface area contributed by atoms with E-state index >= 15 is 0 Å². The van der Waals surface area contributed by atoms with Crippen molar-refractivity contribution >= 4 is 23.4 Å². The van der Waals surface area contributed by atoms with Crippen LogP contribution < -0.4 is 16.3 Å². The molecule has 0 spiro atoms. The molecule has 0 atom stereocenters. The third-order valence-corrected chi connectivity index (χ3v) is 4.08. The van der Waals surface area contributed by atoms with Gasteiger partial charge < -0.3 is 5.11 Å². The number of nitrogens with zero attached hydrogens (tertiary/aromatic N) is 2. The average molecular weight is 399 g/mol. The molecule has 8 nitrogen and oxygen atoms in total. The zero-order chi connectivity index (χ0) is 20.3. The molecule has 0 aliphatic rings. The monoisotopic (exact) mass is 398 g/mol. The smallest absolute Gasteiger partial charge is 0.294 e. The number of benzene rings is 2. The number of phenols is 1. The molecule has 9 heteroatoms. The van der Waals surface area contributed by atoms with Gasteiger partial charge >= 0.3 is 0 Å². The lowest BCUT2D eigenvalue weighted by atomic mass is 10.2. The molecule has 3 aromatic rings. The number of aromatic nitrogens is 2. The van der Waals surface area contributed by atoms with E-state index < -0.39 is 22.9 Å². The van der Waals surface area contributed by atoms with Gasteiger partial charge in [0.1, 0.15) is 5.75 Å². The summed E-state index contributed by atoms with van der Waals surface area (Å²) in [6.45, 7) is 1.67. The Morgan fingerprint density at radius 1 is 1.04 bits per heavy atom. The molecule has 142 valence electrons. The summed E-state index contributed by atoms with van der Waals surface area (Å²) in [4.78, 5) is 36.6. The molecule has 2 amide bonds. The number of carbonyl (C=O) groups excluding carboxylic acids is 2. The van der Waals surface area contributed by atoms with E-state index in [0.717, 1.165) is 0 Å². The Hall–Kier alpha value is -3.65. The molecule has 3 rings (SSSR count). The first kappa shape index (κ1) is 19.1. The minimum Gasteiger partial charge on any atom is -0.507 e. The number of para-hydroxylation sites is 1. The lowest BCUT2D eigenvalue weighted by Crippen LogP contribution is -2.44. The molecule has 0 bridgehead atoms. The number of hydrogen-bond donors (Lipinski definition) is 3. The number of hydrogen-bond acceptors (Lipinski definition) is 5. The highest BCUT2D eigenvalue weighted by atomic mass is 35.5. The fourth-order valence-electron chi connectivity index (χ4n) is 2.45. The van der Waals surface area contributed by atoms with E-state index in [1.54, 1.807) is 43.3 Å². The Balaban J connectivity index is 1.83. The van der Waals surface area contributed by atoms with Crippen LogP contribution in [0.3, 0.4) is 0 Å². The summed E-state index contributed by atoms with van der Waals surface area (Å²) in [7, 11) is 0. The van der Waals surface area contributed by atoms with E-state index in [1.165, 1.54) is 22.9 Å². The predicted molar refractivity (Wildman–Crippen MR) is 103 cm³/mol. The van der Waals surface area contributed by atoms with E-state index in [9.17, 15) is 19.5 Å². The number of amides is 2. The van der Waals surface area contributed by atoms with Crippen molar-refractivity contribution in [3.63, 3.8) is 0 Å². The molecule has 1 aromatic heterocycles. The molecule has 0 aliphatic heterocycles. The highest BCUT2D eigenvalue weighted by Crippen LogP contribution is 2.15. The van der Waals surface area contributed by atoms with Crippen molar-refractivity contribution in [2.24, 2.45) is 0 Å². The molecule has 2 aromatic carbocycles. The number of nitrogens with one attached hydrogen (secondary N) is 2. The lowest BCUT2D eigenvalue weighted by molar-refractivity contribution is 0.0840. The van der Waals surface area contributed by atoms with Crippen LogP contribution in [0.2, 0.25) is 5.02 Å². The van der Waals surface area contributed by atoms with Gasteiger partial charge in [-0.2, -0.15) is 5.10 Å². The standard InChI is InChI=1S/C19H15ClN4O4/c1-11-10-16(26)17(23-24(11)13-8-6-12(20)7-9-13)19(28)22-21-18(27)14-4-2-3-5-15(14)25/h2-10,25H,1H3,(H,21,27)(H,22,28). The lowest BCUT2D eigenvalue weighted by Gasteiger charge is -2.12. The Morgan fingerprint density at radius 3 is 2.36 bits per heavy atom. The van der Waals surface area contributed by atoms with Gasteiger partial charge in [-0.15, -0.1) is 0 Å². The zero-order valence-corrected chi connectivity index (χ0v) is 15.4. The van der Waals surface area contributed by atoms with E-state index in [-0.39, 0.29) is 11.3 Å². The van der Waals surface area contributed by atoms with Gasteiger partial charge in [0.05, 0.1) is 11.3 Å². The quantitative estimate of drug-likeness (QED) is 0.584. The maximum absolute atomic E-state index is 12.3. The summed E-state index contributed by atoms with van der Waals surface area (Å²) in [6, 6.07) is 13.8. The normalized spacial score (nSPS) is 10.4. The Labute approximate surface area is 164 Å². The van der Waals surface area contributed by atoms with E-state index in [2.05, 4.69) is 16.0 Å². The maximum Gasteiger partial charge on any atom is 0.294 e. The summed E-state index contributed by atoms with van der Waals surface area (Å²) in [5.41, 5.74) is 4.36. The second-order valence-electron chi connectivity index (χ2n) is 5.81. The fraction of sp³-hybridized carbons (Fsp3) is 0.0526. The molecule has 0 radical (unpaired) electrons. The average Bonchev–Trinajstić information content (AvgIpc) is 2.67. The number of halogens is 1. The molecule has 3 N–H and O–H groups in total. The second kappa shape index (κ2) is 7.93. The number of aryl methyl sites for hydroxylation is 1. The summed E-state index contributed by atoms with van der Waals surface area (Å²) in [5, 5.41) is 14.3. The van der Waals surface area contributed by atoms with Crippen molar-refractivity contribution in [3.8, 4) is 11.4 Å². The highest BCUT2D eigenvalue weighted by molar-refractivity contribution is 6.30. The minimum absolute atomic E-state index is 0.0294. The number of aromatic hydroxyl groups is 1. The van der Waals surface area contributed by atoms with Crippen LogP contribution in [0.1, 0.15) is 26.5 Å². The predicted octanol–water partition coefficient (Wildman–Crippen LogP) is 1.97. The second-order valence-corrected chi connectivity index (χ2v) is 6.25. The molecule has 0 unspecified atom stereocenters. The van der Waals surface area contributed by atoms with Gasteiger partial charge in [0.25, 0.3) is 11.8 Å². The third kappa shape index (κ3) is 4.02. The minimum atomic E-state index is -0.892. The van der Waals surface area contributed by atoms with Gasteiger partial charge in [0.2, 0.25) is 5.43 Å². The van der Waals surface area contributed by atoms with Crippen LogP contribution in [0.5, 0.6) is 5.75 Å². The van der Waals surface area contributed by atoms with Crippen LogP contribution in [0.15, 0.2) is 59.4 Å². The first-order valence-corrected chi connectivity index (χ1v) is 8.50. The van der Waals surface area contributed by atoms with Crippen LogP contribution in [-0.4, -0.2) is 26.7 Å². The topological polar surface area (TPSA) is 113 Å². The van der Waals surface area contributed by atoms with Crippen LogP contribution >= 0.6 is 11.6 Å². The largest absolute Gasteiger partial charge is 0.507 e. The molecule has 28 heavy (non-hydrogen) atoms. The van der Waals surface area contributed by atoms with Crippen molar-refractivity contribution in [1.29, 1.82) is 0 Å². The third-order valence-electron chi connectivity index (χ3n) is 3.83. The van der Waals surface area contributed by atoms with Crippen molar-refractivity contribution in [2.45, 2.75) is 6.92 Å². The summed E-state index contributed by atoms with van der Waals surface area (Å²) in [6.07, 6.45) is 0. The molecular weight excluding hydrogens is 384 g/mol. The van der Waals surface area contributed by atoms with Crippen LogP contribution in [-0.2, 0) is 0 Å². The number of rotatable bonds is 3. The first-order valence-electron chi connectivity index (χ1n) is 8.12. The van der Waals surface area contributed by atoms with E-state index in [4.69, 9.17) is 11.6 Å². The van der Waals surface area contributed by atoms with Crippen molar-refractivity contribution < 1.29 is 14.7 Å². The van der Waals surface area contributed by atoms with Crippen LogP contribution in [0.25, 0.3) is 5.69 Å². The summed E-state index contributed by atoms with van der Waals surface area (Å²) < 4.78 is 1.41. The Morgan fingerprint density at radius 2 is 1.68 bits per heavy atom. The van der Waals surface area contributed by atoms with Gasteiger partial charge in [-0.25, -0.2) is 4.68 Å². The first-order chi connectivity index (χ1) is 13.4. The molecule has 0 aliphatic carbocycles. The van der Waals surface area contributed by atoms with Gasteiger partial charge in [0.15, 0.2) is 5.69 Å². The van der Waals surface area contributed by atoms with E-state index in [1.807, 2.05) is 0 Å². The van der Waals surface area contributed by atoms with Gasteiger partial charge in [-0.1, -0.05) is 23.7 Å². The summed E-state index contributed by atoms with van der Waals surface area (Å²) >= 11 is 5.88. The maximum atomic E-state index is 12.3. The van der Waals surface area contributed by atoms with Crippen LogP contribution in [0.4, 0.5) is 0 Å². The molecule has 0 fully saturated rings. The molecule has 0 saturated carbocycles. The van der Waals surface area contributed by atoms with Gasteiger partial charge in [0, 0.05) is 16.8 Å². The molecular formula is C19H15ClN4O4. The number of phenolic OH excluding ortho intramolecular Hbond substituents is 1. The number of hydrazine groups is 1. The molecule has 0 saturated heterocycles. The fourth-order valence-corrected chi connectivity index (χ4v) is 2.58. The number of carbonyl (C=O) groups is 2. The van der Waals surface area contributed by atoms with Gasteiger partial charge in [-0.05, 0) is 43.3 Å².